The van der Waals surface area contributed by atoms with Gasteiger partial charge in [0, 0.05) is 25.2 Å². The molecular weight excluding hydrogens is 267 g/mol. The van der Waals surface area contributed by atoms with E-state index in [1.54, 1.807) is 6.92 Å². The normalized spacial score (nSPS) is 11.8. The first kappa shape index (κ1) is 15.9. The molecule has 110 valence electrons. The number of carbonyl (C=O) groups is 2. The lowest BCUT2D eigenvalue weighted by Gasteiger charge is -2.21. The van der Waals surface area contributed by atoms with E-state index in [1.807, 2.05) is 0 Å². The minimum absolute atomic E-state index is 0.0317. The summed E-state index contributed by atoms with van der Waals surface area (Å²) in [7, 11) is 0. The number of benzene rings is 1. The molecule has 0 aliphatic carbocycles. The van der Waals surface area contributed by atoms with Gasteiger partial charge in [-0.15, -0.1) is 0 Å². The van der Waals surface area contributed by atoms with Crippen LogP contribution in [0.15, 0.2) is 24.3 Å². The summed E-state index contributed by atoms with van der Waals surface area (Å²) < 4.78 is 12.8. The molecule has 0 bridgehead atoms. The lowest BCUT2D eigenvalue weighted by atomic mass is 10.2. The van der Waals surface area contributed by atoms with Gasteiger partial charge in [-0.25, -0.2) is 14.0 Å². The van der Waals surface area contributed by atoms with Gasteiger partial charge in [0.05, 0.1) is 0 Å². The number of nitrogens with one attached hydrogen (secondary N) is 1. The highest BCUT2D eigenvalue weighted by molar-refractivity contribution is 5.91. The maximum absolute atomic E-state index is 12.8. The number of anilines is 1. The first-order chi connectivity index (χ1) is 9.45. The molecule has 1 rings (SSSR count). The van der Waals surface area contributed by atoms with Gasteiger partial charge in [0.2, 0.25) is 0 Å². The lowest BCUT2D eigenvalue weighted by Crippen LogP contribution is -2.41. The van der Waals surface area contributed by atoms with Crippen LogP contribution in [0.2, 0.25) is 0 Å². The quantitative estimate of drug-likeness (QED) is 0.732. The molecule has 20 heavy (non-hydrogen) atoms. The van der Waals surface area contributed by atoms with Crippen LogP contribution in [-0.4, -0.2) is 41.4 Å². The van der Waals surface area contributed by atoms with E-state index in [9.17, 15) is 14.0 Å². The van der Waals surface area contributed by atoms with E-state index >= 15 is 0 Å². The van der Waals surface area contributed by atoms with Crippen LogP contribution in [-0.2, 0) is 4.79 Å². The fraction of sp³-hybridized carbons (Fsp3) is 0.385. The summed E-state index contributed by atoms with van der Waals surface area (Å²) in [6.45, 7) is 2.16. The lowest BCUT2D eigenvalue weighted by molar-refractivity contribution is -0.146. The number of nitrogens with zero attached hydrogens (tertiary/aromatic N) is 1. The number of aliphatic hydroxyl groups excluding tert-OH is 1. The molecule has 0 saturated carbocycles. The third-order valence-electron chi connectivity index (χ3n) is 2.68. The molecule has 0 saturated heterocycles. The van der Waals surface area contributed by atoms with Crippen molar-refractivity contribution in [2.75, 3.05) is 18.0 Å². The Balaban J connectivity index is 2.55. The summed E-state index contributed by atoms with van der Waals surface area (Å²) in [5, 5.41) is 20.1. The number of hydrogen-bond acceptors (Lipinski definition) is 3. The zero-order valence-electron chi connectivity index (χ0n) is 11.0. The Morgan fingerprint density at radius 2 is 1.95 bits per heavy atom. The monoisotopic (exact) mass is 284 g/mol. The maximum Gasteiger partial charge on any atom is 0.332 e. The van der Waals surface area contributed by atoms with Crippen molar-refractivity contribution in [1.29, 1.82) is 0 Å². The minimum Gasteiger partial charge on any atom is -0.479 e. The average molecular weight is 284 g/mol. The predicted molar refractivity (Wildman–Crippen MR) is 71.1 cm³/mol. The van der Waals surface area contributed by atoms with Crippen molar-refractivity contribution in [2.24, 2.45) is 0 Å². The number of hydrogen-bond donors (Lipinski definition) is 3. The number of halogens is 1. The summed E-state index contributed by atoms with van der Waals surface area (Å²) in [4.78, 5) is 23.7. The van der Waals surface area contributed by atoms with Gasteiger partial charge >= 0.3 is 12.0 Å². The largest absolute Gasteiger partial charge is 0.479 e. The molecule has 0 spiro atoms. The van der Waals surface area contributed by atoms with E-state index in [-0.39, 0.29) is 13.0 Å². The summed E-state index contributed by atoms with van der Waals surface area (Å²) in [6, 6.07) is 5.02. The molecule has 3 N–H and O–H groups in total. The molecular formula is C13H17FN2O4. The van der Waals surface area contributed by atoms with E-state index in [2.05, 4.69) is 5.32 Å². The summed E-state index contributed by atoms with van der Waals surface area (Å²) in [5.41, 5.74) is 0.533. The van der Waals surface area contributed by atoms with Gasteiger partial charge in [0.1, 0.15) is 5.82 Å². The second kappa shape index (κ2) is 7.44. The van der Waals surface area contributed by atoms with Gasteiger partial charge in [0.25, 0.3) is 0 Å². The second-order valence-corrected chi connectivity index (χ2v) is 4.10. The van der Waals surface area contributed by atoms with Crippen molar-refractivity contribution in [2.45, 2.75) is 19.4 Å². The van der Waals surface area contributed by atoms with Crippen molar-refractivity contribution < 1.29 is 24.2 Å². The third kappa shape index (κ3) is 4.51. The van der Waals surface area contributed by atoms with Crippen LogP contribution in [0.3, 0.4) is 0 Å². The van der Waals surface area contributed by atoms with E-state index in [1.165, 1.54) is 29.2 Å². The van der Waals surface area contributed by atoms with Crippen LogP contribution in [0.1, 0.15) is 13.3 Å². The molecule has 1 unspecified atom stereocenters. The van der Waals surface area contributed by atoms with E-state index in [4.69, 9.17) is 10.2 Å². The highest BCUT2D eigenvalue weighted by Gasteiger charge is 2.16. The Kier molecular flexibility index (Phi) is 5.92. The molecule has 6 nitrogen and oxygen atoms in total. The fourth-order valence-electron chi connectivity index (χ4n) is 1.60. The Morgan fingerprint density at radius 1 is 1.35 bits per heavy atom. The number of aliphatic hydroxyl groups is 1. The molecule has 0 aromatic heterocycles. The van der Waals surface area contributed by atoms with Crippen LogP contribution >= 0.6 is 0 Å². The Bertz CT molecular complexity index is 464. The Labute approximate surface area is 115 Å². The van der Waals surface area contributed by atoms with Crippen molar-refractivity contribution >= 4 is 17.7 Å². The standard InChI is InChI=1S/C13H17FN2O4/c1-2-16(10-5-3-9(14)4-6-10)13(20)15-8-7-11(17)12(18)19/h3-6,11,17H,2,7-8H2,1H3,(H,15,20)(H,18,19). The number of aliphatic carboxylic acids is 1. The Morgan fingerprint density at radius 3 is 2.45 bits per heavy atom. The molecule has 0 heterocycles. The molecule has 0 aliphatic rings. The molecule has 0 fully saturated rings. The van der Waals surface area contributed by atoms with Gasteiger partial charge < -0.3 is 15.5 Å². The molecule has 1 aromatic rings. The van der Waals surface area contributed by atoms with Crippen LogP contribution in [0, 0.1) is 5.82 Å². The van der Waals surface area contributed by atoms with Crippen molar-refractivity contribution in [1.82, 2.24) is 5.32 Å². The number of rotatable bonds is 6. The first-order valence-electron chi connectivity index (χ1n) is 6.17. The first-order valence-corrected chi connectivity index (χ1v) is 6.17. The molecule has 0 radical (unpaired) electrons. The number of carboxylic acids is 1. The van der Waals surface area contributed by atoms with Gasteiger partial charge in [-0.2, -0.15) is 0 Å². The number of carboxylic acid groups (broad SMARTS) is 1. The van der Waals surface area contributed by atoms with Crippen molar-refractivity contribution in [3.05, 3.63) is 30.1 Å². The van der Waals surface area contributed by atoms with E-state index in [0.29, 0.717) is 12.2 Å². The zero-order valence-corrected chi connectivity index (χ0v) is 11.0. The molecule has 7 heteroatoms. The average Bonchev–Trinajstić information content (AvgIpc) is 2.41. The van der Waals surface area contributed by atoms with Crippen LogP contribution in [0.25, 0.3) is 0 Å². The van der Waals surface area contributed by atoms with Gasteiger partial charge in [-0.05, 0) is 31.2 Å². The zero-order chi connectivity index (χ0) is 15.1. The molecule has 1 aromatic carbocycles. The second-order valence-electron chi connectivity index (χ2n) is 4.10. The third-order valence-corrected chi connectivity index (χ3v) is 2.68. The molecule has 1 atom stereocenters. The van der Waals surface area contributed by atoms with Crippen LogP contribution < -0.4 is 10.2 Å². The van der Waals surface area contributed by atoms with Gasteiger partial charge in [0.15, 0.2) is 6.10 Å². The number of urea groups is 1. The molecule has 0 aliphatic heterocycles. The SMILES string of the molecule is CCN(C(=O)NCCC(O)C(=O)O)c1ccc(F)cc1. The summed E-state index contributed by atoms with van der Waals surface area (Å²) in [5.74, 6) is -1.72. The van der Waals surface area contributed by atoms with Crippen LogP contribution in [0.4, 0.5) is 14.9 Å². The van der Waals surface area contributed by atoms with E-state index < -0.39 is 23.9 Å². The Hall–Kier alpha value is -2.15. The van der Waals surface area contributed by atoms with Crippen molar-refractivity contribution in [3.8, 4) is 0 Å². The predicted octanol–water partition coefficient (Wildman–Crippen LogP) is 1.20. The molecule has 2 amide bonds. The fourth-order valence-corrected chi connectivity index (χ4v) is 1.60. The van der Waals surface area contributed by atoms with Crippen molar-refractivity contribution in [3.63, 3.8) is 0 Å². The highest BCUT2D eigenvalue weighted by atomic mass is 19.1. The summed E-state index contributed by atoms with van der Waals surface area (Å²) >= 11 is 0. The number of carbonyl (C=O) groups excluding carboxylic acids is 1. The van der Waals surface area contributed by atoms with Crippen LogP contribution in [0.5, 0.6) is 0 Å². The minimum atomic E-state index is -1.50. The number of amides is 2. The maximum atomic E-state index is 12.8. The van der Waals surface area contributed by atoms with Gasteiger partial charge in [-0.3, -0.25) is 4.90 Å². The van der Waals surface area contributed by atoms with Gasteiger partial charge in [-0.1, -0.05) is 0 Å². The smallest absolute Gasteiger partial charge is 0.332 e. The summed E-state index contributed by atoms with van der Waals surface area (Å²) in [6.07, 6.45) is -1.58. The van der Waals surface area contributed by atoms with E-state index in [0.717, 1.165) is 0 Å². The topological polar surface area (TPSA) is 89.9 Å². The highest BCUT2D eigenvalue weighted by Crippen LogP contribution is 2.14.